The Morgan fingerprint density at radius 2 is 1.72 bits per heavy atom. The summed E-state index contributed by atoms with van der Waals surface area (Å²) in [6.45, 7) is 1.41. The van der Waals surface area contributed by atoms with Gasteiger partial charge in [0.15, 0.2) is 0 Å². The molecule has 0 aromatic heterocycles. The quantitative estimate of drug-likeness (QED) is 0.736. The molecule has 0 unspecified atom stereocenters. The number of nitriles is 2. The molecule has 7 nitrogen and oxygen atoms in total. The van der Waals surface area contributed by atoms with Crippen LogP contribution in [0.5, 0.6) is 0 Å². The summed E-state index contributed by atoms with van der Waals surface area (Å²) in [5.74, 6) is -0.371. The number of sulfonamides is 1. The van der Waals surface area contributed by atoms with Crippen molar-refractivity contribution in [3.63, 3.8) is 0 Å². The largest absolute Gasteiger partial charge is 0.337 e. The molecule has 2 rings (SSSR count). The van der Waals surface area contributed by atoms with Crippen LogP contribution in [0.4, 0.5) is 0 Å². The van der Waals surface area contributed by atoms with E-state index in [1.54, 1.807) is 12.1 Å². The number of hydrogen-bond acceptors (Lipinski definition) is 5. The van der Waals surface area contributed by atoms with Gasteiger partial charge in [-0.2, -0.15) is 14.8 Å². The lowest BCUT2D eigenvalue weighted by Crippen LogP contribution is -2.33. The number of nitrogens with zero attached hydrogens (tertiary/aromatic N) is 4. The van der Waals surface area contributed by atoms with Crippen molar-refractivity contribution < 1.29 is 13.2 Å². The van der Waals surface area contributed by atoms with Crippen LogP contribution >= 0.6 is 0 Å². The molecule has 1 heterocycles. The molecule has 0 N–H and O–H groups in total. The van der Waals surface area contributed by atoms with Crippen molar-refractivity contribution in [1.29, 1.82) is 10.5 Å². The first-order valence-corrected chi connectivity index (χ1v) is 9.58. The van der Waals surface area contributed by atoms with Crippen LogP contribution in [0.1, 0.15) is 36.0 Å². The third-order valence-corrected chi connectivity index (χ3v) is 5.95. The van der Waals surface area contributed by atoms with Crippen LogP contribution in [0.2, 0.25) is 0 Å². The van der Waals surface area contributed by atoms with Crippen molar-refractivity contribution in [2.24, 2.45) is 0 Å². The molecule has 1 aromatic rings. The van der Waals surface area contributed by atoms with Gasteiger partial charge in [-0.1, -0.05) is 6.07 Å². The number of carbonyl (C=O) groups excluding carboxylic acids is 1. The van der Waals surface area contributed by atoms with Crippen molar-refractivity contribution in [2.45, 2.75) is 30.6 Å². The highest BCUT2D eigenvalue weighted by Gasteiger charge is 2.28. The highest BCUT2D eigenvalue weighted by Crippen LogP contribution is 2.22. The van der Waals surface area contributed by atoms with Crippen LogP contribution in [0.15, 0.2) is 29.2 Å². The minimum Gasteiger partial charge on any atom is -0.337 e. The Hall–Kier alpha value is -2.42. The second-order valence-electron chi connectivity index (χ2n) is 5.75. The second-order valence-corrected chi connectivity index (χ2v) is 7.69. The van der Waals surface area contributed by atoms with Gasteiger partial charge >= 0.3 is 0 Å². The molecule has 1 fully saturated rings. The summed E-state index contributed by atoms with van der Waals surface area (Å²) in [6.07, 6.45) is 1.99. The van der Waals surface area contributed by atoms with E-state index in [0.717, 1.165) is 12.8 Å². The maximum atomic E-state index is 12.7. The predicted octanol–water partition coefficient (Wildman–Crippen LogP) is 1.74. The molecule has 0 bridgehead atoms. The summed E-state index contributed by atoms with van der Waals surface area (Å²) in [7, 11) is -3.60. The smallest absolute Gasteiger partial charge is 0.253 e. The van der Waals surface area contributed by atoms with Crippen LogP contribution in [-0.4, -0.2) is 49.7 Å². The van der Waals surface area contributed by atoms with Crippen molar-refractivity contribution in [3.05, 3.63) is 29.8 Å². The number of carbonyl (C=O) groups is 1. The van der Waals surface area contributed by atoms with Crippen molar-refractivity contribution in [1.82, 2.24) is 9.21 Å². The maximum absolute atomic E-state index is 12.7. The van der Waals surface area contributed by atoms with E-state index in [1.165, 1.54) is 21.3 Å². The molecule has 1 aliphatic rings. The minimum atomic E-state index is -3.60. The molecule has 1 aromatic carbocycles. The zero-order valence-electron chi connectivity index (χ0n) is 13.9. The van der Waals surface area contributed by atoms with E-state index in [4.69, 9.17) is 10.5 Å². The monoisotopic (exact) mass is 360 g/mol. The van der Waals surface area contributed by atoms with Gasteiger partial charge in [0.1, 0.15) is 0 Å². The number of hydrogen-bond donors (Lipinski definition) is 0. The van der Waals surface area contributed by atoms with E-state index in [0.29, 0.717) is 13.1 Å². The molecule has 0 radical (unpaired) electrons. The van der Waals surface area contributed by atoms with E-state index >= 15 is 0 Å². The summed E-state index contributed by atoms with van der Waals surface area (Å²) < 4.78 is 26.7. The van der Waals surface area contributed by atoms with Gasteiger partial charge in [0.05, 0.1) is 29.9 Å². The van der Waals surface area contributed by atoms with E-state index in [1.807, 2.05) is 12.1 Å². The SMILES string of the molecule is N#CCCN(CCC#N)C(=O)c1cccc(S(=O)(=O)N2CCCC2)c1. The molecule has 0 atom stereocenters. The molecule has 132 valence electrons. The average Bonchev–Trinajstić information content (AvgIpc) is 3.17. The fraction of sp³-hybridized carbons (Fsp3) is 0.471. The van der Waals surface area contributed by atoms with Gasteiger partial charge in [0, 0.05) is 31.7 Å². The summed E-state index contributed by atoms with van der Waals surface area (Å²) in [6, 6.07) is 9.91. The third kappa shape index (κ3) is 4.56. The summed E-state index contributed by atoms with van der Waals surface area (Å²) in [5, 5.41) is 17.5. The van der Waals surface area contributed by atoms with Gasteiger partial charge in [-0.15, -0.1) is 0 Å². The molecule has 1 amide bonds. The first-order chi connectivity index (χ1) is 12.0. The second kappa shape index (κ2) is 8.61. The normalized spacial score (nSPS) is 14.6. The van der Waals surface area contributed by atoms with E-state index in [9.17, 15) is 13.2 Å². The Morgan fingerprint density at radius 3 is 2.28 bits per heavy atom. The molecule has 0 spiro atoms. The first-order valence-electron chi connectivity index (χ1n) is 8.14. The van der Waals surface area contributed by atoms with Gasteiger partial charge in [-0.25, -0.2) is 8.42 Å². The van der Waals surface area contributed by atoms with E-state index in [-0.39, 0.29) is 42.3 Å². The maximum Gasteiger partial charge on any atom is 0.253 e. The lowest BCUT2D eigenvalue weighted by Gasteiger charge is -2.21. The van der Waals surface area contributed by atoms with E-state index in [2.05, 4.69) is 0 Å². The minimum absolute atomic E-state index is 0.0979. The first kappa shape index (κ1) is 18.9. The Balaban J connectivity index is 2.25. The van der Waals surface area contributed by atoms with Crippen LogP contribution in [0.25, 0.3) is 0 Å². The zero-order chi connectivity index (χ0) is 18.3. The molecule has 1 saturated heterocycles. The topological polar surface area (TPSA) is 105 Å². The van der Waals surface area contributed by atoms with Gasteiger partial charge in [-0.3, -0.25) is 4.79 Å². The van der Waals surface area contributed by atoms with Crippen LogP contribution in [-0.2, 0) is 10.0 Å². The summed E-state index contributed by atoms with van der Waals surface area (Å²) in [5.41, 5.74) is 0.246. The Morgan fingerprint density at radius 1 is 1.12 bits per heavy atom. The van der Waals surface area contributed by atoms with Crippen LogP contribution < -0.4 is 0 Å². The van der Waals surface area contributed by atoms with Crippen molar-refractivity contribution in [2.75, 3.05) is 26.2 Å². The fourth-order valence-corrected chi connectivity index (χ4v) is 4.30. The molecule has 25 heavy (non-hydrogen) atoms. The van der Waals surface area contributed by atoms with Gasteiger partial charge < -0.3 is 4.90 Å². The molecular formula is C17H20N4O3S. The predicted molar refractivity (Wildman–Crippen MR) is 90.8 cm³/mol. The Labute approximate surface area is 148 Å². The molecule has 8 heteroatoms. The molecule has 0 saturated carbocycles. The van der Waals surface area contributed by atoms with Crippen LogP contribution in [0, 0.1) is 22.7 Å². The van der Waals surface area contributed by atoms with Crippen molar-refractivity contribution in [3.8, 4) is 12.1 Å². The number of rotatable bonds is 7. The average molecular weight is 360 g/mol. The summed E-state index contributed by atoms with van der Waals surface area (Å²) in [4.78, 5) is 14.2. The Kier molecular flexibility index (Phi) is 6.51. The highest BCUT2D eigenvalue weighted by atomic mass is 32.2. The van der Waals surface area contributed by atoms with Gasteiger partial charge in [-0.05, 0) is 31.0 Å². The molecular weight excluding hydrogens is 340 g/mol. The lowest BCUT2D eigenvalue weighted by atomic mass is 10.2. The van der Waals surface area contributed by atoms with Crippen molar-refractivity contribution >= 4 is 15.9 Å². The van der Waals surface area contributed by atoms with Gasteiger partial charge in [0.25, 0.3) is 5.91 Å². The zero-order valence-corrected chi connectivity index (χ0v) is 14.7. The summed E-state index contributed by atoms with van der Waals surface area (Å²) >= 11 is 0. The standard InChI is InChI=1S/C17H20N4O3S/c18-8-4-10-20(11-5-9-19)17(22)15-6-3-7-16(14-15)25(23,24)21-12-1-2-13-21/h3,6-7,14H,1-2,4-5,10-13H2. The number of amides is 1. The Bertz CT molecular complexity index is 784. The third-order valence-electron chi connectivity index (χ3n) is 4.06. The fourth-order valence-electron chi connectivity index (χ4n) is 2.73. The van der Waals surface area contributed by atoms with Crippen LogP contribution in [0.3, 0.4) is 0 Å². The highest BCUT2D eigenvalue weighted by molar-refractivity contribution is 7.89. The number of benzene rings is 1. The lowest BCUT2D eigenvalue weighted by molar-refractivity contribution is 0.0762. The van der Waals surface area contributed by atoms with E-state index < -0.39 is 10.0 Å². The molecule has 1 aliphatic heterocycles. The molecule has 0 aliphatic carbocycles. The van der Waals surface area contributed by atoms with Gasteiger partial charge in [0.2, 0.25) is 10.0 Å².